The molecule has 4 aromatic rings. The van der Waals surface area contributed by atoms with E-state index in [0.717, 1.165) is 0 Å². The van der Waals surface area contributed by atoms with E-state index in [9.17, 15) is 0 Å². The predicted molar refractivity (Wildman–Crippen MR) is 124 cm³/mol. The van der Waals surface area contributed by atoms with Gasteiger partial charge in [0.1, 0.15) is 0 Å². The number of benzene rings is 4. The molecular formula is C28H30. The summed E-state index contributed by atoms with van der Waals surface area (Å²) in [5.74, 6) is 0. The Balaban J connectivity index is 1.59. The zero-order valence-electron chi connectivity index (χ0n) is 17.2. The van der Waals surface area contributed by atoms with Gasteiger partial charge >= 0.3 is 0 Å². The van der Waals surface area contributed by atoms with Crippen LogP contribution in [0.4, 0.5) is 0 Å². The molecule has 0 aliphatic heterocycles. The summed E-state index contributed by atoms with van der Waals surface area (Å²) < 4.78 is 0. The lowest BCUT2D eigenvalue weighted by Gasteiger charge is -2.08. The summed E-state index contributed by atoms with van der Waals surface area (Å²) in [5.41, 5.74) is 5.35. The van der Waals surface area contributed by atoms with E-state index in [0.29, 0.717) is 0 Å². The van der Waals surface area contributed by atoms with Gasteiger partial charge in [0.15, 0.2) is 0 Å². The second-order valence-electron chi connectivity index (χ2n) is 8.13. The standard InChI is InChI=1S/C28H30/c1-3-4-5-6-7-8-22-11-14-25-20-28-18-24(23-12-9-21(2)10-13-23)15-16-26(28)19-27(25)17-22/h9-20H,3-8H2,1-2H3. The molecule has 0 aromatic heterocycles. The van der Waals surface area contributed by atoms with E-state index >= 15 is 0 Å². The third-order valence-electron chi connectivity index (χ3n) is 5.81. The van der Waals surface area contributed by atoms with Crippen LogP contribution in [0.25, 0.3) is 32.7 Å². The molecule has 4 aromatic carbocycles. The minimum Gasteiger partial charge on any atom is -0.0654 e. The first-order valence-electron chi connectivity index (χ1n) is 10.8. The van der Waals surface area contributed by atoms with E-state index in [1.54, 1.807) is 0 Å². The lowest BCUT2D eigenvalue weighted by atomic mass is 9.96. The molecule has 28 heavy (non-hydrogen) atoms. The molecule has 0 heterocycles. The second kappa shape index (κ2) is 8.61. The Morgan fingerprint density at radius 2 is 1.18 bits per heavy atom. The maximum absolute atomic E-state index is 2.39. The third kappa shape index (κ3) is 4.28. The molecule has 0 aliphatic rings. The summed E-state index contributed by atoms with van der Waals surface area (Å²) >= 11 is 0. The van der Waals surface area contributed by atoms with Crippen molar-refractivity contribution >= 4 is 21.5 Å². The van der Waals surface area contributed by atoms with Crippen molar-refractivity contribution in [1.82, 2.24) is 0 Å². The van der Waals surface area contributed by atoms with Crippen molar-refractivity contribution in [2.75, 3.05) is 0 Å². The summed E-state index contributed by atoms with van der Waals surface area (Å²) in [6.45, 7) is 4.41. The number of unbranched alkanes of at least 4 members (excludes halogenated alkanes) is 4. The van der Waals surface area contributed by atoms with Crippen molar-refractivity contribution in [1.29, 1.82) is 0 Å². The molecule has 0 amide bonds. The van der Waals surface area contributed by atoms with Crippen molar-refractivity contribution in [3.05, 3.63) is 83.9 Å². The highest BCUT2D eigenvalue weighted by atomic mass is 14.1. The smallest absolute Gasteiger partial charge is 0.0171 e. The van der Waals surface area contributed by atoms with Crippen molar-refractivity contribution in [2.45, 2.75) is 52.4 Å². The summed E-state index contributed by atoms with van der Waals surface area (Å²) in [5, 5.41) is 5.34. The van der Waals surface area contributed by atoms with Gasteiger partial charge in [0, 0.05) is 0 Å². The van der Waals surface area contributed by atoms with Crippen LogP contribution in [0, 0.1) is 6.92 Å². The lowest BCUT2D eigenvalue weighted by molar-refractivity contribution is 0.632. The monoisotopic (exact) mass is 366 g/mol. The number of aryl methyl sites for hydroxylation is 2. The van der Waals surface area contributed by atoms with Crippen molar-refractivity contribution in [2.24, 2.45) is 0 Å². The molecule has 0 fully saturated rings. The Kier molecular flexibility index (Phi) is 5.76. The summed E-state index contributed by atoms with van der Waals surface area (Å²) in [6.07, 6.45) is 7.91. The summed E-state index contributed by atoms with van der Waals surface area (Å²) in [7, 11) is 0. The Hall–Kier alpha value is -2.60. The molecule has 0 unspecified atom stereocenters. The van der Waals surface area contributed by atoms with E-state index in [1.807, 2.05) is 0 Å². The predicted octanol–water partition coefficient (Wildman–Crippen LogP) is 8.48. The molecule has 0 atom stereocenters. The van der Waals surface area contributed by atoms with Crippen molar-refractivity contribution in [3.63, 3.8) is 0 Å². The van der Waals surface area contributed by atoms with Crippen molar-refractivity contribution in [3.8, 4) is 11.1 Å². The summed E-state index contributed by atoms with van der Waals surface area (Å²) in [4.78, 5) is 0. The number of hydrogen-bond acceptors (Lipinski definition) is 0. The second-order valence-corrected chi connectivity index (χ2v) is 8.13. The average molecular weight is 367 g/mol. The first-order valence-corrected chi connectivity index (χ1v) is 10.8. The van der Waals surface area contributed by atoms with Crippen LogP contribution in [-0.4, -0.2) is 0 Å². The molecule has 0 nitrogen and oxygen atoms in total. The molecule has 0 heteroatoms. The number of fused-ring (bicyclic) bond motifs is 2. The Morgan fingerprint density at radius 1 is 0.536 bits per heavy atom. The first kappa shape index (κ1) is 18.7. The molecule has 0 aliphatic carbocycles. The van der Waals surface area contributed by atoms with Gasteiger partial charge in [0.25, 0.3) is 0 Å². The van der Waals surface area contributed by atoms with E-state index in [1.165, 1.54) is 82.3 Å². The highest BCUT2D eigenvalue weighted by molar-refractivity contribution is 5.99. The van der Waals surface area contributed by atoms with Crippen molar-refractivity contribution < 1.29 is 0 Å². The maximum atomic E-state index is 2.39. The van der Waals surface area contributed by atoms with Crippen LogP contribution in [0.2, 0.25) is 0 Å². The minimum atomic E-state index is 1.20. The fourth-order valence-electron chi connectivity index (χ4n) is 4.06. The van der Waals surface area contributed by atoms with Crippen LogP contribution in [0.1, 0.15) is 50.2 Å². The molecule has 4 rings (SSSR count). The normalized spacial score (nSPS) is 11.4. The van der Waals surface area contributed by atoms with E-state index in [4.69, 9.17) is 0 Å². The van der Waals surface area contributed by atoms with E-state index in [2.05, 4.69) is 86.6 Å². The molecule has 0 bridgehead atoms. The molecule has 0 saturated heterocycles. The van der Waals surface area contributed by atoms with Gasteiger partial charge in [-0.15, -0.1) is 0 Å². The zero-order valence-corrected chi connectivity index (χ0v) is 17.2. The molecular weight excluding hydrogens is 336 g/mol. The van der Waals surface area contributed by atoms with Crippen LogP contribution in [0.5, 0.6) is 0 Å². The van der Waals surface area contributed by atoms with Gasteiger partial charge in [0.2, 0.25) is 0 Å². The van der Waals surface area contributed by atoms with E-state index in [-0.39, 0.29) is 0 Å². The fraction of sp³-hybridized carbons (Fsp3) is 0.286. The largest absolute Gasteiger partial charge is 0.0654 e. The molecule has 0 spiro atoms. The van der Waals surface area contributed by atoms with Crippen LogP contribution in [-0.2, 0) is 6.42 Å². The maximum Gasteiger partial charge on any atom is -0.0171 e. The summed E-state index contributed by atoms with van der Waals surface area (Å²) in [6, 6.07) is 27.3. The van der Waals surface area contributed by atoms with Crippen LogP contribution < -0.4 is 0 Å². The van der Waals surface area contributed by atoms with E-state index < -0.39 is 0 Å². The third-order valence-corrected chi connectivity index (χ3v) is 5.81. The molecule has 0 radical (unpaired) electrons. The number of rotatable bonds is 7. The fourth-order valence-corrected chi connectivity index (χ4v) is 4.06. The first-order chi connectivity index (χ1) is 13.7. The van der Waals surface area contributed by atoms with Gasteiger partial charge in [-0.05, 0) is 76.2 Å². The average Bonchev–Trinajstić information content (AvgIpc) is 2.72. The topological polar surface area (TPSA) is 0 Å². The van der Waals surface area contributed by atoms with Crippen LogP contribution in [0.3, 0.4) is 0 Å². The van der Waals surface area contributed by atoms with Gasteiger partial charge in [-0.1, -0.05) is 92.8 Å². The van der Waals surface area contributed by atoms with Gasteiger partial charge in [-0.25, -0.2) is 0 Å². The Morgan fingerprint density at radius 3 is 1.93 bits per heavy atom. The SMILES string of the molecule is CCCCCCCc1ccc2cc3cc(-c4ccc(C)cc4)ccc3cc2c1. The Bertz CT molecular complexity index is 1070. The quantitative estimate of drug-likeness (QED) is 0.227. The minimum absolute atomic E-state index is 1.20. The zero-order chi connectivity index (χ0) is 19.3. The van der Waals surface area contributed by atoms with Gasteiger partial charge < -0.3 is 0 Å². The van der Waals surface area contributed by atoms with Crippen LogP contribution in [0.15, 0.2) is 72.8 Å². The van der Waals surface area contributed by atoms with Gasteiger partial charge in [-0.2, -0.15) is 0 Å². The molecule has 0 N–H and O–H groups in total. The van der Waals surface area contributed by atoms with Gasteiger partial charge in [0.05, 0.1) is 0 Å². The van der Waals surface area contributed by atoms with Crippen LogP contribution >= 0.6 is 0 Å². The highest BCUT2D eigenvalue weighted by Crippen LogP contribution is 2.29. The lowest BCUT2D eigenvalue weighted by Crippen LogP contribution is -1.87. The molecule has 142 valence electrons. The highest BCUT2D eigenvalue weighted by Gasteiger charge is 2.03. The number of hydrogen-bond donors (Lipinski definition) is 0. The Labute approximate surface area is 169 Å². The van der Waals surface area contributed by atoms with Gasteiger partial charge in [-0.3, -0.25) is 0 Å². The molecule has 0 saturated carbocycles.